The molecule has 3 nitrogen and oxygen atoms in total. The van der Waals surface area contributed by atoms with Crippen LogP contribution in [0.2, 0.25) is 0 Å². The van der Waals surface area contributed by atoms with Crippen LogP contribution in [0.1, 0.15) is 10.4 Å². The molecule has 0 aromatic heterocycles. The van der Waals surface area contributed by atoms with Crippen molar-refractivity contribution in [1.82, 2.24) is 0 Å². The van der Waals surface area contributed by atoms with Gasteiger partial charge >= 0.3 is 12.3 Å². The molecule has 0 fully saturated rings. The van der Waals surface area contributed by atoms with E-state index in [-0.39, 0.29) is 11.3 Å². The third kappa shape index (κ3) is 3.50. The highest BCUT2D eigenvalue weighted by molar-refractivity contribution is 5.89. The van der Waals surface area contributed by atoms with E-state index in [1.54, 1.807) is 12.1 Å². The van der Waals surface area contributed by atoms with Gasteiger partial charge in [-0.3, -0.25) is 0 Å². The largest absolute Gasteiger partial charge is 0.573 e. The van der Waals surface area contributed by atoms with Gasteiger partial charge in [-0.25, -0.2) is 4.79 Å². The van der Waals surface area contributed by atoms with Crippen molar-refractivity contribution >= 4 is 5.97 Å². The summed E-state index contributed by atoms with van der Waals surface area (Å²) < 4.78 is 40.3. The number of carbonyl (C=O) groups is 1. The monoisotopic (exact) mass is 282 g/mol. The van der Waals surface area contributed by atoms with Gasteiger partial charge in [-0.2, -0.15) is 0 Å². The number of alkyl halides is 3. The maximum atomic E-state index is 12.1. The lowest BCUT2D eigenvalue weighted by Gasteiger charge is -2.10. The van der Waals surface area contributed by atoms with E-state index in [0.717, 1.165) is 0 Å². The summed E-state index contributed by atoms with van der Waals surface area (Å²) in [6, 6.07) is 11.3. The van der Waals surface area contributed by atoms with Crippen LogP contribution in [0, 0.1) is 0 Å². The Kier molecular flexibility index (Phi) is 3.65. The van der Waals surface area contributed by atoms with Gasteiger partial charge in [0.05, 0.1) is 5.56 Å². The Labute approximate surface area is 112 Å². The quantitative estimate of drug-likeness (QED) is 0.927. The van der Waals surface area contributed by atoms with Crippen LogP contribution < -0.4 is 4.74 Å². The molecule has 20 heavy (non-hydrogen) atoms. The van der Waals surface area contributed by atoms with Crippen molar-refractivity contribution in [2.24, 2.45) is 0 Å². The van der Waals surface area contributed by atoms with Crippen molar-refractivity contribution in [3.8, 4) is 16.9 Å². The van der Waals surface area contributed by atoms with Crippen molar-refractivity contribution in [2.45, 2.75) is 6.36 Å². The molecule has 0 radical (unpaired) electrons. The second-order valence-electron chi connectivity index (χ2n) is 3.96. The molecule has 0 unspecified atom stereocenters. The highest BCUT2D eigenvalue weighted by Crippen LogP contribution is 2.28. The average molecular weight is 282 g/mol. The molecule has 0 spiro atoms. The summed E-state index contributed by atoms with van der Waals surface area (Å²) in [5.74, 6) is -1.45. The summed E-state index contributed by atoms with van der Waals surface area (Å²) in [5.41, 5.74) is 0.997. The van der Waals surface area contributed by atoms with E-state index in [9.17, 15) is 18.0 Å². The maximum absolute atomic E-state index is 12.1. The standard InChI is InChI=1S/C14H9F3O3/c15-14(16,17)20-12-6-2-4-10(8-12)9-3-1-5-11(7-9)13(18)19/h1-8H,(H,18,19). The van der Waals surface area contributed by atoms with E-state index in [1.165, 1.54) is 36.4 Å². The summed E-state index contributed by atoms with van der Waals surface area (Å²) in [6.45, 7) is 0. The molecule has 2 aromatic carbocycles. The normalized spacial score (nSPS) is 11.2. The van der Waals surface area contributed by atoms with Gasteiger partial charge in [0.1, 0.15) is 5.75 Å². The van der Waals surface area contributed by atoms with E-state index in [1.807, 2.05) is 0 Å². The second-order valence-corrected chi connectivity index (χ2v) is 3.96. The molecule has 2 aromatic rings. The Balaban J connectivity index is 2.36. The topological polar surface area (TPSA) is 46.5 Å². The number of ether oxygens (including phenoxy) is 1. The first-order valence-corrected chi connectivity index (χ1v) is 5.55. The summed E-state index contributed by atoms with van der Waals surface area (Å²) in [4.78, 5) is 10.9. The zero-order valence-electron chi connectivity index (χ0n) is 10.0. The predicted octanol–water partition coefficient (Wildman–Crippen LogP) is 3.95. The minimum Gasteiger partial charge on any atom is -0.478 e. The highest BCUT2D eigenvalue weighted by Gasteiger charge is 2.31. The number of rotatable bonds is 3. The molecule has 0 atom stereocenters. The number of benzene rings is 2. The molecule has 1 N–H and O–H groups in total. The molecule has 0 bridgehead atoms. The van der Waals surface area contributed by atoms with Crippen LogP contribution in [0.3, 0.4) is 0 Å². The molecule has 0 aliphatic rings. The fourth-order valence-electron chi connectivity index (χ4n) is 1.70. The highest BCUT2D eigenvalue weighted by atomic mass is 19.4. The molecule has 2 rings (SSSR count). The minimum atomic E-state index is -4.76. The Morgan fingerprint density at radius 3 is 2.20 bits per heavy atom. The minimum absolute atomic E-state index is 0.0599. The van der Waals surface area contributed by atoms with Crippen molar-refractivity contribution in [1.29, 1.82) is 0 Å². The van der Waals surface area contributed by atoms with Crippen molar-refractivity contribution in [2.75, 3.05) is 0 Å². The number of halogens is 3. The van der Waals surface area contributed by atoms with Crippen LogP contribution in [0.4, 0.5) is 13.2 Å². The summed E-state index contributed by atoms with van der Waals surface area (Å²) >= 11 is 0. The van der Waals surface area contributed by atoms with E-state index >= 15 is 0 Å². The van der Waals surface area contributed by atoms with Crippen LogP contribution in [-0.2, 0) is 0 Å². The second kappa shape index (κ2) is 5.24. The Morgan fingerprint density at radius 2 is 1.60 bits per heavy atom. The zero-order chi connectivity index (χ0) is 14.8. The van der Waals surface area contributed by atoms with Gasteiger partial charge in [-0.05, 0) is 35.4 Å². The number of carboxylic acids is 1. The molecule has 0 amide bonds. The number of hydrogen-bond acceptors (Lipinski definition) is 2. The molecule has 104 valence electrons. The Hall–Kier alpha value is -2.50. The van der Waals surface area contributed by atoms with Crippen LogP contribution in [0.15, 0.2) is 48.5 Å². The van der Waals surface area contributed by atoms with Gasteiger partial charge in [0.2, 0.25) is 0 Å². The van der Waals surface area contributed by atoms with Gasteiger partial charge in [0, 0.05) is 0 Å². The lowest BCUT2D eigenvalue weighted by Crippen LogP contribution is -2.17. The molecule has 0 aliphatic heterocycles. The van der Waals surface area contributed by atoms with E-state index in [4.69, 9.17) is 5.11 Å². The summed E-state index contributed by atoms with van der Waals surface area (Å²) in [7, 11) is 0. The van der Waals surface area contributed by atoms with Crippen LogP contribution in [0.25, 0.3) is 11.1 Å². The van der Waals surface area contributed by atoms with Gasteiger partial charge in [-0.15, -0.1) is 13.2 Å². The van der Waals surface area contributed by atoms with Crippen molar-refractivity contribution in [3.05, 3.63) is 54.1 Å². The summed E-state index contributed by atoms with van der Waals surface area (Å²) in [6.07, 6.45) is -4.76. The molecule has 0 heterocycles. The first-order chi connectivity index (χ1) is 9.35. The van der Waals surface area contributed by atoms with Crippen molar-refractivity contribution in [3.63, 3.8) is 0 Å². The predicted molar refractivity (Wildman–Crippen MR) is 65.5 cm³/mol. The van der Waals surface area contributed by atoms with E-state index in [0.29, 0.717) is 11.1 Å². The molecule has 0 saturated carbocycles. The number of aromatic carboxylic acids is 1. The lowest BCUT2D eigenvalue weighted by atomic mass is 10.0. The lowest BCUT2D eigenvalue weighted by molar-refractivity contribution is -0.274. The third-order valence-corrected chi connectivity index (χ3v) is 2.51. The van der Waals surface area contributed by atoms with Gasteiger partial charge in [0.15, 0.2) is 0 Å². The Morgan fingerprint density at radius 1 is 1.00 bits per heavy atom. The average Bonchev–Trinajstić information content (AvgIpc) is 2.37. The molecule has 6 heteroatoms. The Bertz CT molecular complexity index is 636. The first kappa shape index (κ1) is 13.9. The van der Waals surface area contributed by atoms with Gasteiger partial charge in [-0.1, -0.05) is 24.3 Å². The fourth-order valence-corrected chi connectivity index (χ4v) is 1.70. The third-order valence-electron chi connectivity index (χ3n) is 2.51. The summed E-state index contributed by atoms with van der Waals surface area (Å²) in [5, 5.41) is 8.89. The maximum Gasteiger partial charge on any atom is 0.573 e. The zero-order valence-corrected chi connectivity index (χ0v) is 10.0. The van der Waals surface area contributed by atoms with E-state index < -0.39 is 12.3 Å². The van der Waals surface area contributed by atoms with Crippen LogP contribution >= 0.6 is 0 Å². The van der Waals surface area contributed by atoms with Gasteiger partial charge < -0.3 is 9.84 Å². The SMILES string of the molecule is O=C(O)c1cccc(-c2cccc(OC(F)(F)F)c2)c1. The fraction of sp³-hybridized carbons (Fsp3) is 0.0714. The van der Waals surface area contributed by atoms with Crippen molar-refractivity contribution < 1.29 is 27.8 Å². The molecular formula is C14H9F3O3. The molecule has 0 saturated heterocycles. The van der Waals surface area contributed by atoms with Crippen LogP contribution in [-0.4, -0.2) is 17.4 Å². The van der Waals surface area contributed by atoms with Crippen LogP contribution in [0.5, 0.6) is 5.75 Å². The molecule has 0 aliphatic carbocycles. The van der Waals surface area contributed by atoms with E-state index in [2.05, 4.69) is 4.74 Å². The van der Waals surface area contributed by atoms with Gasteiger partial charge in [0.25, 0.3) is 0 Å². The molecular weight excluding hydrogens is 273 g/mol. The smallest absolute Gasteiger partial charge is 0.478 e. The number of hydrogen-bond donors (Lipinski definition) is 1. The number of carboxylic acid groups (broad SMARTS) is 1. The first-order valence-electron chi connectivity index (χ1n) is 5.55.